The number of rotatable bonds is 30. The standard InChI is InChI=1S/C40H55N7O15S3/c1-59-23-7-6-22-16-25(38(56)62-30(22)17-23)39(57)64-20-28(44-32(49)9-8-26(41)36(52)53)34(51)45-29(37(54)55)19-63-21-33(50)43-11-13-61-15-14-60-12-10-42-31(48)5-3-2-4-24-18-27-35(65-24)47-40(58)46-27/h6-7,16-17,24,26-29,35H,2-5,8-15,18-21,41H2,1H3,(H,42,48)(H,43,50)(H,44,49)(H,45,51)(H,52,53)(H,54,55)(H2,46,47,58). The highest BCUT2D eigenvalue weighted by Crippen LogP contribution is 2.37. The number of methoxy groups -OCH3 is 1. The number of carboxylic acids is 2. The van der Waals surface area contributed by atoms with Crippen molar-refractivity contribution in [3.8, 4) is 5.75 Å². The van der Waals surface area contributed by atoms with Crippen LogP contribution in [0.3, 0.4) is 0 Å². The molecule has 2 aliphatic rings. The lowest BCUT2D eigenvalue weighted by Gasteiger charge is -2.21. The monoisotopic (exact) mass is 969 g/mol. The third-order valence-electron chi connectivity index (χ3n) is 9.83. The van der Waals surface area contributed by atoms with Gasteiger partial charge < -0.3 is 66.5 Å². The third-order valence-corrected chi connectivity index (χ3v) is 13.4. The van der Waals surface area contributed by atoms with E-state index < -0.39 is 70.7 Å². The maximum absolute atomic E-state index is 13.4. The van der Waals surface area contributed by atoms with E-state index in [4.69, 9.17) is 29.5 Å². The molecule has 6 amide bonds. The summed E-state index contributed by atoms with van der Waals surface area (Å²) in [7, 11) is 1.43. The fraction of sp³-hybridized carbons (Fsp3) is 0.575. The molecule has 6 atom stereocenters. The highest BCUT2D eigenvalue weighted by Gasteiger charge is 2.41. The van der Waals surface area contributed by atoms with E-state index in [2.05, 4.69) is 31.9 Å². The Morgan fingerprint density at radius 1 is 0.877 bits per heavy atom. The van der Waals surface area contributed by atoms with Gasteiger partial charge in [-0.15, -0.1) is 23.5 Å². The molecule has 0 radical (unpaired) electrons. The molecular weight excluding hydrogens is 915 g/mol. The van der Waals surface area contributed by atoms with Crippen LogP contribution in [-0.4, -0.2) is 156 Å². The van der Waals surface area contributed by atoms with Crippen molar-refractivity contribution in [2.75, 3.05) is 63.9 Å². The van der Waals surface area contributed by atoms with Crippen LogP contribution >= 0.6 is 35.3 Å². The Kier molecular flexibility index (Phi) is 22.2. The molecule has 2 fully saturated rings. The maximum atomic E-state index is 13.4. The maximum Gasteiger partial charge on any atom is 0.348 e. The number of hydrogen-bond acceptors (Lipinski definition) is 17. The molecule has 1 aromatic carbocycles. The second-order valence-electron chi connectivity index (χ2n) is 14.8. The predicted octanol–water partition coefficient (Wildman–Crippen LogP) is -0.00650. The quantitative estimate of drug-likeness (QED) is 0.0367. The second-order valence-corrected chi connectivity index (χ2v) is 18.2. The molecule has 2 aromatic rings. The van der Waals surface area contributed by atoms with Gasteiger partial charge in [-0.05, 0) is 43.9 Å². The van der Waals surface area contributed by atoms with Gasteiger partial charge in [-0.1, -0.05) is 18.2 Å². The molecule has 3 heterocycles. The van der Waals surface area contributed by atoms with Crippen LogP contribution in [-0.2, 0) is 38.2 Å². The zero-order valence-electron chi connectivity index (χ0n) is 35.6. The molecule has 0 bridgehead atoms. The Morgan fingerprint density at radius 2 is 1.60 bits per heavy atom. The van der Waals surface area contributed by atoms with Gasteiger partial charge >= 0.3 is 23.6 Å². The van der Waals surface area contributed by atoms with Crippen LogP contribution in [0.1, 0.15) is 55.3 Å². The van der Waals surface area contributed by atoms with Gasteiger partial charge in [0.1, 0.15) is 35.0 Å². The lowest BCUT2D eigenvalue weighted by Crippen LogP contribution is -2.53. The minimum absolute atomic E-state index is 0.0428. The summed E-state index contributed by atoms with van der Waals surface area (Å²) >= 11 is 3.18. The smallest absolute Gasteiger partial charge is 0.348 e. The Balaban J connectivity index is 1.10. The average Bonchev–Trinajstić information content (AvgIpc) is 3.81. The van der Waals surface area contributed by atoms with Crippen molar-refractivity contribution in [2.24, 2.45) is 5.73 Å². The van der Waals surface area contributed by atoms with Crippen LogP contribution in [0.15, 0.2) is 33.5 Å². The van der Waals surface area contributed by atoms with Crippen molar-refractivity contribution in [1.82, 2.24) is 31.9 Å². The summed E-state index contributed by atoms with van der Waals surface area (Å²) in [6.07, 6.45) is 3.39. The van der Waals surface area contributed by atoms with E-state index in [-0.39, 0.29) is 78.8 Å². The van der Waals surface area contributed by atoms with Crippen LogP contribution in [0.5, 0.6) is 5.75 Å². The number of urea groups is 1. The third kappa shape index (κ3) is 18.4. The first-order chi connectivity index (χ1) is 31.1. The molecule has 65 heavy (non-hydrogen) atoms. The number of thioether (sulfide) groups is 3. The van der Waals surface area contributed by atoms with E-state index in [9.17, 15) is 48.3 Å². The molecule has 2 saturated heterocycles. The number of carbonyl (C=O) groups excluding carboxylic acids is 6. The van der Waals surface area contributed by atoms with Crippen molar-refractivity contribution in [3.05, 3.63) is 40.2 Å². The number of hydrogen-bond donors (Lipinski definition) is 9. The van der Waals surface area contributed by atoms with Gasteiger partial charge in [-0.2, -0.15) is 0 Å². The molecule has 0 aliphatic carbocycles. The van der Waals surface area contributed by atoms with Gasteiger partial charge in [-0.25, -0.2) is 14.4 Å². The molecule has 0 spiro atoms. The molecule has 4 rings (SSSR count). The zero-order chi connectivity index (χ0) is 47.3. The summed E-state index contributed by atoms with van der Waals surface area (Å²) in [6.45, 7) is 1.52. The molecular formula is C40H55N7O15S3. The van der Waals surface area contributed by atoms with Crippen LogP contribution < -0.4 is 48.0 Å². The molecule has 6 unspecified atom stereocenters. The number of unbranched alkanes of at least 4 members (excludes halogenated alkanes) is 1. The van der Waals surface area contributed by atoms with Crippen LogP contribution in [0.25, 0.3) is 11.0 Å². The van der Waals surface area contributed by atoms with Crippen molar-refractivity contribution in [3.63, 3.8) is 0 Å². The summed E-state index contributed by atoms with van der Waals surface area (Å²) in [5.41, 5.74) is 4.33. The number of nitrogens with one attached hydrogen (secondary N) is 6. The van der Waals surface area contributed by atoms with Crippen molar-refractivity contribution >= 4 is 93.0 Å². The lowest BCUT2D eigenvalue weighted by molar-refractivity contribution is -0.141. The Bertz CT molecular complexity index is 2040. The first kappa shape index (κ1) is 52.5. The van der Waals surface area contributed by atoms with Gasteiger partial charge in [0, 0.05) is 54.1 Å². The molecule has 22 nitrogen and oxygen atoms in total. The molecule has 10 N–H and O–H groups in total. The van der Waals surface area contributed by atoms with Gasteiger partial charge in [0.15, 0.2) is 0 Å². The highest BCUT2D eigenvalue weighted by molar-refractivity contribution is 8.14. The summed E-state index contributed by atoms with van der Waals surface area (Å²) in [5.74, 6) is -5.53. The van der Waals surface area contributed by atoms with Gasteiger partial charge in [-0.3, -0.25) is 28.8 Å². The van der Waals surface area contributed by atoms with Crippen LogP contribution in [0.4, 0.5) is 4.79 Å². The molecule has 25 heteroatoms. The fourth-order valence-electron chi connectivity index (χ4n) is 6.38. The number of fused-ring (bicyclic) bond motifs is 2. The van der Waals surface area contributed by atoms with Crippen LogP contribution in [0.2, 0.25) is 0 Å². The minimum atomic E-state index is -1.53. The van der Waals surface area contributed by atoms with Crippen molar-refractivity contribution < 1.29 is 67.2 Å². The van der Waals surface area contributed by atoms with E-state index in [1.165, 1.54) is 19.2 Å². The summed E-state index contributed by atoms with van der Waals surface area (Å²) in [5, 5.41) is 35.0. The summed E-state index contributed by atoms with van der Waals surface area (Å²) < 4.78 is 21.3. The number of benzene rings is 1. The predicted molar refractivity (Wildman–Crippen MR) is 241 cm³/mol. The molecule has 1 aromatic heterocycles. The Hall–Kier alpha value is -5.08. The Labute approximate surface area is 386 Å². The number of ether oxygens (including phenoxy) is 3. The van der Waals surface area contributed by atoms with Crippen molar-refractivity contribution in [1.29, 1.82) is 0 Å². The largest absolute Gasteiger partial charge is 0.497 e. The zero-order valence-corrected chi connectivity index (χ0v) is 38.0. The first-order valence-electron chi connectivity index (χ1n) is 20.7. The number of aliphatic carboxylic acids is 2. The SMILES string of the molecule is COc1ccc2cc(C(=O)SCC(NC(=O)CCC(N)C(=O)O)C(=O)NC(CSCC(=O)NCCOCCOCCNC(=O)CCCCC3CC4NC(=O)NC4S3)C(=O)O)c(=O)oc2c1. The molecule has 0 saturated carbocycles. The topological polar surface area (TPSA) is 333 Å². The summed E-state index contributed by atoms with van der Waals surface area (Å²) in [6, 6.07) is 1.59. The van der Waals surface area contributed by atoms with E-state index in [0.29, 0.717) is 47.7 Å². The average molecular weight is 970 g/mol. The van der Waals surface area contributed by atoms with E-state index in [1.54, 1.807) is 23.9 Å². The molecule has 358 valence electrons. The summed E-state index contributed by atoms with van der Waals surface area (Å²) in [4.78, 5) is 111. The van der Waals surface area contributed by atoms with Crippen LogP contribution in [0, 0.1) is 0 Å². The first-order valence-corrected chi connectivity index (χ1v) is 23.8. The normalized spacial score (nSPS) is 17.8. The van der Waals surface area contributed by atoms with E-state index in [1.807, 2.05) is 0 Å². The number of carbonyl (C=O) groups is 8. The highest BCUT2D eigenvalue weighted by atomic mass is 32.2. The minimum Gasteiger partial charge on any atom is -0.497 e. The van der Waals surface area contributed by atoms with Crippen molar-refractivity contribution in [2.45, 2.75) is 79.7 Å². The van der Waals surface area contributed by atoms with E-state index >= 15 is 0 Å². The Morgan fingerprint density at radius 3 is 2.28 bits per heavy atom. The molecule has 2 aliphatic heterocycles. The van der Waals surface area contributed by atoms with Gasteiger partial charge in [0.2, 0.25) is 28.7 Å². The second kappa shape index (κ2) is 27.4. The lowest BCUT2D eigenvalue weighted by atomic mass is 10.1. The van der Waals surface area contributed by atoms with E-state index in [0.717, 1.165) is 37.4 Å². The number of carboxylic acid groups (broad SMARTS) is 2. The number of nitrogens with two attached hydrogens (primary N) is 1. The van der Waals surface area contributed by atoms with Gasteiger partial charge in [0.05, 0.1) is 50.7 Å². The number of amides is 6. The fourth-order valence-corrected chi connectivity index (χ4v) is 9.67. The van der Waals surface area contributed by atoms with Gasteiger partial charge in [0.25, 0.3) is 0 Å².